The maximum atomic E-state index is 9.19. The second-order valence-electron chi connectivity index (χ2n) is 5.27. The molecular weight excluding hydrogens is 238 g/mol. The molecule has 1 N–H and O–H groups in total. The molecule has 0 aromatic carbocycles. The maximum absolute atomic E-state index is 9.19. The number of fused-ring (bicyclic) bond motifs is 3. The largest absolute Gasteiger partial charge is 0.411 e. The quantitative estimate of drug-likeness (QED) is 0.466. The van der Waals surface area contributed by atoms with E-state index in [4.69, 9.17) is 18.9 Å². The van der Waals surface area contributed by atoms with Gasteiger partial charge in [-0.1, -0.05) is 5.16 Å². The van der Waals surface area contributed by atoms with Crippen LogP contribution in [-0.4, -0.2) is 49.4 Å². The Hall–Kier alpha value is -0.690. The summed E-state index contributed by atoms with van der Waals surface area (Å²) in [7, 11) is 1.61. The monoisotopic (exact) mass is 257 g/mol. The number of hydrogen-bond donors (Lipinski definition) is 1. The third-order valence-electron chi connectivity index (χ3n) is 4.33. The van der Waals surface area contributed by atoms with Gasteiger partial charge in [-0.3, -0.25) is 0 Å². The van der Waals surface area contributed by atoms with Gasteiger partial charge >= 0.3 is 0 Å². The Kier molecular flexibility index (Phi) is 3.05. The van der Waals surface area contributed by atoms with E-state index in [0.29, 0.717) is 19.6 Å². The molecule has 102 valence electrons. The zero-order chi connectivity index (χ0) is 12.6. The van der Waals surface area contributed by atoms with Crippen molar-refractivity contribution in [3.8, 4) is 0 Å². The van der Waals surface area contributed by atoms with Crippen molar-refractivity contribution in [1.82, 2.24) is 0 Å². The first-order chi connectivity index (χ1) is 8.74. The Morgan fingerprint density at radius 3 is 2.83 bits per heavy atom. The molecular formula is C12H19NO5. The molecule has 0 amide bonds. The van der Waals surface area contributed by atoms with E-state index in [2.05, 4.69) is 5.16 Å². The highest BCUT2D eigenvalue weighted by Gasteiger charge is 2.60. The van der Waals surface area contributed by atoms with E-state index in [-0.39, 0.29) is 18.3 Å². The van der Waals surface area contributed by atoms with Crippen molar-refractivity contribution < 1.29 is 24.2 Å². The maximum Gasteiger partial charge on any atom is 0.176 e. The topological polar surface area (TPSA) is 69.5 Å². The van der Waals surface area contributed by atoms with E-state index in [1.807, 2.05) is 0 Å². The summed E-state index contributed by atoms with van der Waals surface area (Å²) >= 11 is 0. The molecule has 1 saturated heterocycles. The van der Waals surface area contributed by atoms with Gasteiger partial charge in [-0.15, -0.1) is 0 Å². The van der Waals surface area contributed by atoms with Gasteiger partial charge in [-0.2, -0.15) is 0 Å². The van der Waals surface area contributed by atoms with Crippen LogP contribution in [0, 0.1) is 5.92 Å². The van der Waals surface area contributed by atoms with E-state index in [1.165, 1.54) is 0 Å². The summed E-state index contributed by atoms with van der Waals surface area (Å²) in [5.41, 5.74) is 0.452. The molecule has 3 rings (SSSR count). The first-order valence-corrected chi connectivity index (χ1v) is 6.35. The third kappa shape index (κ3) is 1.75. The molecule has 0 radical (unpaired) electrons. The minimum Gasteiger partial charge on any atom is -0.411 e. The Bertz CT molecular complexity index is 352. The molecule has 2 atom stereocenters. The number of hydrogen-bond acceptors (Lipinski definition) is 6. The summed E-state index contributed by atoms with van der Waals surface area (Å²) in [6.07, 6.45) is 3.02. The van der Waals surface area contributed by atoms with Gasteiger partial charge in [-0.05, 0) is 12.8 Å². The molecule has 3 aliphatic rings. The standard InChI is InChI=1S/C12H19NO5/c1-15-8-18-11-2-3-12(16-4-5-17-12)9(6-11)10(7-11)13-14/h9,14H,2-8H2,1H3/b13-10+/t9-,11-/m1/s1. The first-order valence-electron chi connectivity index (χ1n) is 6.35. The molecule has 6 nitrogen and oxygen atoms in total. The Morgan fingerprint density at radius 2 is 2.17 bits per heavy atom. The minimum absolute atomic E-state index is 0.00407. The predicted octanol–water partition coefficient (Wildman–Crippen LogP) is 1.12. The van der Waals surface area contributed by atoms with Crippen molar-refractivity contribution in [2.45, 2.75) is 37.1 Å². The summed E-state index contributed by atoms with van der Waals surface area (Å²) in [6.45, 7) is 1.49. The van der Waals surface area contributed by atoms with Gasteiger partial charge in [0.25, 0.3) is 0 Å². The number of methoxy groups -OCH3 is 1. The Balaban J connectivity index is 1.83. The van der Waals surface area contributed by atoms with Gasteiger partial charge in [0.1, 0.15) is 6.79 Å². The highest BCUT2D eigenvalue weighted by Crippen LogP contribution is 2.53. The average molecular weight is 257 g/mol. The lowest BCUT2D eigenvalue weighted by Crippen LogP contribution is -2.47. The predicted molar refractivity (Wildman–Crippen MR) is 61.5 cm³/mol. The lowest BCUT2D eigenvalue weighted by Gasteiger charge is -2.41. The second-order valence-corrected chi connectivity index (χ2v) is 5.27. The average Bonchev–Trinajstić information content (AvgIpc) is 2.97. The van der Waals surface area contributed by atoms with E-state index < -0.39 is 5.79 Å². The summed E-state index contributed by atoms with van der Waals surface area (Å²) in [5.74, 6) is -0.589. The zero-order valence-electron chi connectivity index (χ0n) is 10.6. The lowest BCUT2D eigenvalue weighted by molar-refractivity contribution is -0.228. The van der Waals surface area contributed by atoms with E-state index in [9.17, 15) is 5.21 Å². The third-order valence-corrected chi connectivity index (χ3v) is 4.33. The molecule has 2 bridgehead atoms. The molecule has 0 unspecified atom stereocenters. The van der Waals surface area contributed by atoms with Crippen LogP contribution in [0.4, 0.5) is 0 Å². The van der Waals surface area contributed by atoms with Crippen LogP contribution in [0.2, 0.25) is 0 Å². The van der Waals surface area contributed by atoms with Crippen molar-refractivity contribution in [3.05, 3.63) is 0 Å². The fourth-order valence-electron chi connectivity index (χ4n) is 3.48. The van der Waals surface area contributed by atoms with Gasteiger partial charge < -0.3 is 24.2 Å². The van der Waals surface area contributed by atoms with Gasteiger partial charge in [0.15, 0.2) is 5.79 Å². The van der Waals surface area contributed by atoms with Crippen molar-refractivity contribution in [3.63, 3.8) is 0 Å². The second kappa shape index (κ2) is 4.45. The summed E-state index contributed by atoms with van der Waals surface area (Å²) in [4.78, 5) is 0. The molecule has 1 spiro atoms. The van der Waals surface area contributed by atoms with Crippen LogP contribution in [-0.2, 0) is 18.9 Å². The molecule has 6 heteroatoms. The number of oxime groups is 1. The molecule has 2 saturated carbocycles. The number of nitrogens with zero attached hydrogens (tertiary/aromatic N) is 1. The Morgan fingerprint density at radius 1 is 1.39 bits per heavy atom. The van der Waals surface area contributed by atoms with Crippen LogP contribution in [0.25, 0.3) is 0 Å². The van der Waals surface area contributed by atoms with Gasteiger partial charge in [0, 0.05) is 20.0 Å². The Labute approximate surface area is 106 Å². The molecule has 1 heterocycles. The van der Waals surface area contributed by atoms with E-state index >= 15 is 0 Å². The zero-order valence-corrected chi connectivity index (χ0v) is 10.6. The van der Waals surface area contributed by atoms with Crippen LogP contribution in [0.3, 0.4) is 0 Å². The highest BCUT2D eigenvalue weighted by molar-refractivity contribution is 5.91. The smallest absolute Gasteiger partial charge is 0.176 e. The SMILES string of the molecule is COCO[C@]12CCC3(OCCO3)[C@H](C1)/C(=N/O)C2. The molecule has 0 aromatic heterocycles. The summed E-state index contributed by atoms with van der Waals surface area (Å²) < 4.78 is 22.4. The summed E-state index contributed by atoms with van der Waals surface area (Å²) in [6, 6.07) is 0. The van der Waals surface area contributed by atoms with Crippen molar-refractivity contribution in [2.75, 3.05) is 27.1 Å². The molecule has 0 aromatic rings. The molecule has 1 aliphatic heterocycles. The first kappa shape index (κ1) is 12.3. The summed E-state index contributed by atoms with van der Waals surface area (Å²) in [5, 5.41) is 12.6. The van der Waals surface area contributed by atoms with Crippen LogP contribution < -0.4 is 0 Å². The lowest BCUT2D eigenvalue weighted by atomic mass is 9.81. The van der Waals surface area contributed by atoms with Crippen LogP contribution >= 0.6 is 0 Å². The van der Waals surface area contributed by atoms with E-state index in [0.717, 1.165) is 25.0 Å². The van der Waals surface area contributed by atoms with E-state index in [1.54, 1.807) is 7.11 Å². The van der Waals surface area contributed by atoms with Gasteiger partial charge in [-0.25, -0.2) is 0 Å². The van der Waals surface area contributed by atoms with Crippen molar-refractivity contribution in [1.29, 1.82) is 0 Å². The molecule has 18 heavy (non-hydrogen) atoms. The van der Waals surface area contributed by atoms with Crippen LogP contribution in [0.1, 0.15) is 25.7 Å². The van der Waals surface area contributed by atoms with Gasteiger partial charge in [0.2, 0.25) is 0 Å². The van der Waals surface area contributed by atoms with Crippen LogP contribution in [0.15, 0.2) is 5.16 Å². The fraction of sp³-hybridized carbons (Fsp3) is 0.917. The molecule has 2 aliphatic carbocycles. The normalized spacial score (nSPS) is 39.8. The number of rotatable bonds is 3. The van der Waals surface area contributed by atoms with Crippen molar-refractivity contribution in [2.24, 2.45) is 11.1 Å². The molecule has 3 fully saturated rings. The minimum atomic E-state index is -0.585. The highest BCUT2D eigenvalue weighted by atomic mass is 16.7. The van der Waals surface area contributed by atoms with Crippen molar-refractivity contribution >= 4 is 5.71 Å². The fourth-order valence-corrected chi connectivity index (χ4v) is 3.48. The van der Waals surface area contributed by atoms with Crippen LogP contribution in [0.5, 0.6) is 0 Å². The van der Waals surface area contributed by atoms with Gasteiger partial charge in [0.05, 0.1) is 30.4 Å². The number of ether oxygens (including phenoxy) is 4.